The molecule has 0 aliphatic carbocycles. The molecule has 1 aromatic rings. The summed E-state index contributed by atoms with van der Waals surface area (Å²) in [5, 5.41) is 13.2. The van der Waals surface area contributed by atoms with Crippen molar-refractivity contribution in [3.05, 3.63) is 44.9 Å². The van der Waals surface area contributed by atoms with Gasteiger partial charge in [-0.3, -0.25) is 24.6 Å². The molecule has 0 saturated carbocycles. The summed E-state index contributed by atoms with van der Waals surface area (Å²) in [5.74, 6) is -3.95. The quantitative estimate of drug-likeness (QED) is 0.251. The number of likely N-dealkylation sites (tertiary alicyclic amines) is 1. The molecule has 3 rings (SSSR count). The number of carboxylic acids is 1. The van der Waals surface area contributed by atoms with Gasteiger partial charge in [0.25, 0.3) is 0 Å². The minimum absolute atomic E-state index is 0.181. The molecule has 0 bridgehead atoms. The summed E-state index contributed by atoms with van der Waals surface area (Å²) in [7, 11) is 0. The van der Waals surface area contributed by atoms with E-state index in [1.54, 1.807) is 6.07 Å². The van der Waals surface area contributed by atoms with E-state index in [9.17, 15) is 19.5 Å². The second-order valence-corrected chi connectivity index (χ2v) is 8.75. The molecule has 2 aliphatic heterocycles. The fourth-order valence-corrected chi connectivity index (χ4v) is 4.90. The van der Waals surface area contributed by atoms with Crippen LogP contribution in [-0.4, -0.2) is 40.4 Å². The number of hydrogen-bond donors (Lipinski definition) is 2. The first kappa shape index (κ1) is 23.1. The van der Waals surface area contributed by atoms with Gasteiger partial charge in [-0.25, -0.2) is 0 Å². The predicted octanol–water partition coefficient (Wildman–Crippen LogP) is 4.48. The number of aliphatic carboxylic acids is 1. The Labute approximate surface area is 190 Å². The second-order valence-electron chi connectivity index (χ2n) is 7.53. The van der Waals surface area contributed by atoms with Gasteiger partial charge in [-0.2, -0.15) is 0 Å². The van der Waals surface area contributed by atoms with Gasteiger partial charge in [-0.1, -0.05) is 66.7 Å². The summed E-state index contributed by atoms with van der Waals surface area (Å²) in [5.41, 5.74) is 0.412. The maximum Gasteiger partial charge on any atom is 0.321 e. The monoisotopic (exact) mass is 472 g/mol. The Balaban J connectivity index is 1.87. The van der Waals surface area contributed by atoms with Crippen molar-refractivity contribution in [3.63, 3.8) is 0 Å². The van der Waals surface area contributed by atoms with Crippen LogP contribution in [0.25, 0.3) is 0 Å². The van der Waals surface area contributed by atoms with E-state index in [-0.39, 0.29) is 16.6 Å². The summed E-state index contributed by atoms with van der Waals surface area (Å²) in [6.07, 6.45) is 7.64. The highest BCUT2D eigenvalue weighted by molar-refractivity contribution is 6.43. The van der Waals surface area contributed by atoms with E-state index in [1.165, 1.54) is 11.0 Å². The van der Waals surface area contributed by atoms with E-state index in [1.807, 2.05) is 12.2 Å². The van der Waals surface area contributed by atoms with Crippen LogP contribution in [0.4, 0.5) is 0 Å². The van der Waals surface area contributed by atoms with E-state index in [0.717, 1.165) is 19.3 Å². The molecule has 4 atom stereocenters. The third-order valence-electron chi connectivity index (χ3n) is 5.60. The molecule has 30 heavy (non-hydrogen) atoms. The zero-order valence-electron chi connectivity index (χ0n) is 16.4. The minimum atomic E-state index is -1.20. The largest absolute Gasteiger partial charge is 0.480 e. The van der Waals surface area contributed by atoms with Crippen LogP contribution in [0.1, 0.15) is 44.2 Å². The molecule has 2 fully saturated rings. The lowest BCUT2D eigenvalue weighted by Gasteiger charge is -2.22. The van der Waals surface area contributed by atoms with Crippen LogP contribution in [0.3, 0.4) is 0 Å². The molecule has 6 nitrogen and oxygen atoms in total. The van der Waals surface area contributed by atoms with Crippen LogP contribution in [0.5, 0.6) is 0 Å². The number of amides is 2. The molecule has 162 valence electrons. The fraction of sp³-hybridized carbons (Fsp3) is 0.476. The average molecular weight is 474 g/mol. The zero-order valence-corrected chi connectivity index (χ0v) is 18.7. The molecule has 0 aromatic heterocycles. The molecular formula is C21H23Cl3N2O4. The van der Waals surface area contributed by atoms with Gasteiger partial charge in [0.1, 0.15) is 6.04 Å². The van der Waals surface area contributed by atoms with Gasteiger partial charge in [0, 0.05) is 17.6 Å². The Morgan fingerprint density at radius 1 is 1.13 bits per heavy atom. The number of carboxylic acid groups (broad SMARTS) is 1. The normalized spacial score (nSPS) is 26.1. The number of carbonyl (C=O) groups excluding carboxylic acids is 2. The van der Waals surface area contributed by atoms with Gasteiger partial charge >= 0.3 is 5.97 Å². The number of benzene rings is 1. The maximum atomic E-state index is 13.1. The summed E-state index contributed by atoms with van der Waals surface area (Å²) in [6, 6.07) is 1.04. The standard InChI is InChI=1S/C21H23Cl3N2O4/c1-2-3-4-5-6-7-8-26-19(27)14-15(20(26)28)18(21(29)30)25-17(14)12-9-11(22)10-13(23)16(12)24/h5-6,9-10,14-15,17-18,25H,2-4,7-8H2,1H3,(H,29,30)/b6-5+. The molecule has 4 unspecified atom stereocenters. The number of imide groups is 1. The van der Waals surface area contributed by atoms with Gasteiger partial charge in [0.05, 0.1) is 21.9 Å². The molecule has 0 radical (unpaired) electrons. The Bertz CT molecular complexity index is 889. The van der Waals surface area contributed by atoms with Crippen LogP contribution >= 0.6 is 34.8 Å². The van der Waals surface area contributed by atoms with Gasteiger partial charge in [0.15, 0.2) is 0 Å². The van der Waals surface area contributed by atoms with Crippen molar-refractivity contribution in [2.45, 2.75) is 44.7 Å². The number of unbranched alkanes of at least 4 members (excludes halogenated alkanes) is 2. The number of rotatable bonds is 8. The maximum absolute atomic E-state index is 13.1. The first-order chi connectivity index (χ1) is 14.3. The summed E-state index contributed by atoms with van der Waals surface area (Å²) in [4.78, 5) is 39.1. The van der Waals surface area contributed by atoms with Crippen molar-refractivity contribution >= 4 is 52.6 Å². The number of allylic oxidation sites excluding steroid dienone is 1. The molecule has 0 spiro atoms. The first-order valence-electron chi connectivity index (χ1n) is 9.91. The van der Waals surface area contributed by atoms with Crippen LogP contribution < -0.4 is 5.32 Å². The molecule has 1 aromatic carbocycles. The van der Waals surface area contributed by atoms with Crippen molar-refractivity contribution in [3.8, 4) is 0 Å². The van der Waals surface area contributed by atoms with Gasteiger partial charge in [-0.05, 0) is 30.5 Å². The molecule has 2 aliphatic rings. The third-order valence-corrected chi connectivity index (χ3v) is 6.63. The number of halogens is 3. The summed E-state index contributed by atoms with van der Waals surface area (Å²) >= 11 is 18.6. The number of nitrogens with one attached hydrogen (secondary N) is 1. The Morgan fingerprint density at radius 2 is 1.80 bits per heavy atom. The van der Waals surface area contributed by atoms with E-state index in [0.29, 0.717) is 17.0 Å². The second kappa shape index (κ2) is 9.69. The third kappa shape index (κ3) is 4.37. The van der Waals surface area contributed by atoms with Crippen LogP contribution in [0.15, 0.2) is 24.3 Å². The highest BCUT2D eigenvalue weighted by Gasteiger charge is 2.61. The summed E-state index contributed by atoms with van der Waals surface area (Å²) in [6.45, 7) is 2.33. The SMILES string of the molecule is CCCC/C=C/CCN1C(=O)C2C(C(=O)O)NC(c3cc(Cl)cc(Cl)c3Cl)C2C1=O. The predicted molar refractivity (Wildman–Crippen MR) is 116 cm³/mol. The van der Waals surface area contributed by atoms with Crippen LogP contribution in [-0.2, 0) is 14.4 Å². The van der Waals surface area contributed by atoms with Gasteiger partial charge in [-0.15, -0.1) is 0 Å². The zero-order chi connectivity index (χ0) is 22.0. The smallest absolute Gasteiger partial charge is 0.321 e. The van der Waals surface area contributed by atoms with Gasteiger partial charge < -0.3 is 5.11 Å². The van der Waals surface area contributed by atoms with E-state index in [2.05, 4.69) is 12.2 Å². The number of nitrogens with zero attached hydrogens (tertiary/aromatic N) is 1. The van der Waals surface area contributed by atoms with Crippen LogP contribution in [0, 0.1) is 11.8 Å². The lowest BCUT2D eigenvalue weighted by atomic mass is 9.86. The highest BCUT2D eigenvalue weighted by Crippen LogP contribution is 2.47. The molecular weight excluding hydrogens is 451 g/mol. The topological polar surface area (TPSA) is 86.7 Å². The number of hydrogen-bond acceptors (Lipinski definition) is 4. The van der Waals surface area contributed by atoms with Gasteiger partial charge in [0.2, 0.25) is 11.8 Å². The van der Waals surface area contributed by atoms with Crippen LogP contribution in [0.2, 0.25) is 15.1 Å². The molecule has 2 N–H and O–H groups in total. The lowest BCUT2D eigenvalue weighted by Crippen LogP contribution is -2.43. The molecule has 2 heterocycles. The van der Waals surface area contributed by atoms with E-state index < -0.39 is 41.7 Å². The van der Waals surface area contributed by atoms with E-state index >= 15 is 0 Å². The lowest BCUT2D eigenvalue weighted by molar-refractivity contribution is -0.146. The fourth-order valence-electron chi connectivity index (χ4n) is 4.17. The highest BCUT2D eigenvalue weighted by atomic mass is 35.5. The number of carbonyl (C=O) groups is 3. The van der Waals surface area contributed by atoms with Crippen molar-refractivity contribution in [2.75, 3.05) is 6.54 Å². The number of fused-ring (bicyclic) bond motifs is 1. The Morgan fingerprint density at radius 3 is 2.47 bits per heavy atom. The Kier molecular flexibility index (Phi) is 7.45. The average Bonchev–Trinajstić information content (AvgIpc) is 3.19. The minimum Gasteiger partial charge on any atom is -0.480 e. The Hall–Kier alpha value is -1.60. The van der Waals surface area contributed by atoms with E-state index in [4.69, 9.17) is 34.8 Å². The molecule has 2 saturated heterocycles. The van der Waals surface area contributed by atoms with Crippen molar-refractivity contribution in [1.82, 2.24) is 10.2 Å². The van der Waals surface area contributed by atoms with Crippen molar-refractivity contribution < 1.29 is 19.5 Å². The van der Waals surface area contributed by atoms with Crippen molar-refractivity contribution in [1.29, 1.82) is 0 Å². The molecule has 9 heteroatoms. The van der Waals surface area contributed by atoms with Crippen molar-refractivity contribution in [2.24, 2.45) is 11.8 Å². The first-order valence-corrected chi connectivity index (χ1v) is 11.0. The summed E-state index contributed by atoms with van der Waals surface area (Å²) < 4.78 is 0. The molecule has 2 amide bonds.